The molecule has 7 nitrogen and oxygen atoms in total. The van der Waals surface area contributed by atoms with Crippen molar-refractivity contribution >= 4 is 25.8 Å². The molecule has 0 aromatic carbocycles. The van der Waals surface area contributed by atoms with Crippen LogP contribution in [0, 0.1) is 0 Å². The number of ether oxygens (including phenoxy) is 1. The molecule has 0 saturated carbocycles. The van der Waals surface area contributed by atoms with Crippen molar-refractivity contribution in [2.24, 2.45) is 0 Å². The van der Waals surface area contributed by atoms with Crippen molar-refractivity contribution in [1.29, 1.82) is 0 Å². The zero-order valence-electron chi connectivity index (χ0n) is 16.6. The first-order valence-corrected chi connectivity index (χ1v) is 9.34. The van der Waals surface area contributed by atoms with Gasteiger partial charge < -0.3 is 29.0 Å². The van der Waals surface area contributed by atoms with Crippen molar-refractivity contribution in [3.63, 3.8) is 0 Å². The lowest BCUT2D eigenvalue weighted by Crippen LogP contribution is -2.51. The highest BCUT2D eigenvalue weighted by Crippen LogP contribution is 2.38. The Bertz CT molecular complexity index is 470. The average molecular weight is 369 g/mol. The van der Waals surface area contributed by atoms with Gasteiger partial charge in [0.1, 0.15) is 0 Å². The molecule has 1 rings (SSSR count). The quantitative estimate of drug-likeness (QED) is 0.261. The van der Waals surface area contributed by atoms with Gasteiger partial charge in [0.15, 0.2) is 18.1 Å². The van der Waals surface area contributed by atoms with Crippen molar-refractivity contribution in [2.45, 2.75) is 89.8 Å². The smallest absolute Gasteiger partial charge is 0.450 e. The third-order valence-corrected chi connectivity index (χ3v) is 5.07. The van der Waals surface area contributed by atoms with Crippen molar-refractivity contribution < 1.29 is 28.4 Å². The van der Waals surface area contributed by atoms with E-state index in [4.69, 9.17) is 14.0 Å². The summed E-state index contributed by atoms with van der Waals surface area (Å²) in [5.74, 6) is 0. The molecule has 0 radical (unpaired) electrons. The number of carbonyl (C=O) groups is 3. The number of nitrogens with one attached hydrogen (secondary N) is 1. The molecule has 26 heavy (non-hydrogen) atoms. The van der Waals surface area contributed by atoms with E-state index < -0.39 is 11.6 Å². The van der Waals surface area contributed by atoms with Gasteiger partial charge in [-0.05, 0) is 46.9 Å². The number of hydrogen-bond acceptors (Lipinski definition) is 6. The molecule has 8 heteroatoms. The zero-order valence-corrected chi connectivity index (χ0v) is 16.6. The summed E-state index contributed by atoms with van der Waals surface area (Å²) in [5, 5.41) is 2.38. The first-order chi connectivity index (χ1) is 12.1. The fourth-order valence-electron chi connectivity index (χ4n) is 2.61. The molecule has 0 unspecified atom stereocenters. The molecular weight excluding hydrogens is 337 g/mol. The predicted molar refractivity (Wildman–Crippen MR) is 99.0 cm³/mol. The van der Waals surface area contributed by atoms with Crippen LogP contribution in [-0.2, 0) is 23.6 Å². The van der Waals surface area contributed by atoms with E-state index in [1.54, 1.807) is 0 Å². The molecule has 1 fully saturated rings. The van der Waals surface area contributed by atoms with Crippen LogP contribution in [0.3, 0.4) is 0 Å². The molecule has 1 amide bonds. The second-order valence-electron chi connectivity index (χ2n) is 7.82. The van der Waals surface area contributed by atoms with Crippen LogP contribution in [0.2, 0.25) is 6.32 Å². The number of amides is 1. The Balaban J connectivity index is 2.43. The molecule has 0 atom stereocenters. The van der Waals surface area contributed by atoms with Gasteiger partial charge in [0, 0.05) is 0 Å². The minimum Gasteiger partial charge on any atom is -0.450 e. The van der Waals surface area contributed by atoms with Gasteiger partial charge in [0.05, 0.1) is 17.8 Å². The molecular formula is C18H32BNO6. The molecule has 0 aliphatic carbocycles. The Morgan fingerprint density at radius 1 is 1.08 bits per heavy atom. The number of unbranched alkanes of at least 4 members (excludes halogenated alkanes) is 2. The number of aldehydes is 2. The van der Waals surface area contributed by atoms with Gasteiger partial charge in [-0.15, -0.1) is 0 Å². The van der Waals surface area contributed by atoms with Crippen LogP contribution >= 0.6 is 0 Å². The molecule has 0 aromatic rings. The topological polar surface area (TPSA) is 90.9 Å². The summed E-state index contributed by atoms with van der Waals surface area (Å²) in [6.07, 6.45) is 3.94. The summed E-state index contributed by atoms with van der Waals surface area (Å²) in [6, 6.07) is 0. The SMILES string of the molecule is CCCCOC(=O)NC(C=O)(C=O)CCCCB1OC(C)(C)C(C)(C)O1. The van der Waals surface area contributed by atoms with Crippen LogP contribution in [0.5, 0.6) is 0 Å². The molecule has 0 spiro atoms. The first-order valence-electron chi connectivity index (χ1n) is 9.34. The zero-order chi connectivity index (χ0) is 19.8. The van der Waals surface area contributed by atoms with Gasteiger partial charge in [0.2, 0.25) is 0 Å². The lowest BCUT2D eigenvalue weighted by molar-refractivity contribution is -0.122. The molecule has 0 aromatic heterocycles. The van der Waals surface area contributed by atoms with Gasteiger partial charge >= 0.3 is 13.2 Å². The lowest BCUT2D eigenvalue weighted by Gasteiger charge is -2.32. The van der Waals surface area contributed by atoms with E-state index in [0.29, 0.717) is 31.7 Å². The van der Waals surface area contributed by atoms with E-state index in [2.05, 4.69) is 5.32 Å². The van der Waals surface area contributed by atoms with Crippen molar-refractivity contribution in [1.82, 2.24) is 5.32 Å². The summed E-state index contributed by atoms with van der Waals surface area (Å²) >= 11 is 0. The Hall–Kier alpha value is -1.41. The minimum atomic E-state index is -1.54. The van der Waals surface area contributed by atoms with Crippen LogP contribution in [0.15, 0.2) is 0 Å². The Morgan fingerprint density at radius 2 is 1.65 bits per heavy atom. The van der Waals surface area contributed by atoms with Gasteiger partial charge in [-0.25, -0.2) is 4.79 Å². The van der Waals surface area contributed by atoms with E-state index in [0.717, 1.165) is 12.8 Å². The normalized spacial score (nSPS) is 18.4. The fraction of sp³-hybridized carbons (Fsp3) is 0.833. The number of carbonyl (C=O) groups excluding carboxylic acids is 3. The number of hydrogen-bond donors (Lipinski definition) is 1. The summed E-state index contributed by atoms with van der Waals surface area (Å²) < 4.78 is 16.8. The third kappa shape index (κ3) is 6.09. The fourth-order valence-corrected chi connectivity index (χ4v) is 2.61. The maximum atomic E-state index is 11.7. The van der Waals surface area contributed by atoms with E-state index in [-0.39, 0.29) is 31.3 Å². The summed E-state index contributed by atoms with van der Waals surface area (Å²) in [5.41, 5.74) is -2.30. The molecule has 1 heterocycles. The number of rotatable bonds is 11. The van der Waals surface area contributed by atoms with Gasteiger partial charge in [-0.3, -0.25) is 0 Å². The van der Waals surface area contributed by atoms with E-state index in [9.17, 15) is 14.4 Å². The van der Waals surface area contributed by atoms with Gasteiger partial charge in [-0.1, -0.05) is 26.2 Å². The second-order valence-corrected chi connectivity index (χ2v) is 7.82. The lowest BCUT2D eigenvalue weighted by atomic mass is 9.81. The highest BCUT2D eigenvalue weighted by Gasteiger charge is 2.50. The van der Waals surface area contributed by atoms with Crippen LogP contribution in [0.4, 0.5) is 4.79 Å². The van der Waals surface area contributed by atoms with Crippen LogP contribution in [0.1, 0.15) is 66.7 Å². The van der Waals surface area contributed by atoms with Crippen molar-refractivity contribution in [3.8, 4) is 0 Å². The van der Waals surface area contributed by atoms with Gasteiger partial charge in [-0.2, -0.15) is 0 Å². The molecule has 0 bridgehead atoms. The average Bonchev–Trinajstić information content (AvgIpc) is 2.78. The second kappa shape index (κ2) is 9.51. The molecule has 148 valence electrons. The minimum absolute atomic E-state index is 0.211. The van der Waals surface area contributed by atoms with Crippen LogP contribution < -0.4 is 5.32 Å². The largest absolute Gasteiger partial charge is 0.457 e. The highest BCUT2D eigenvalue weighted by atomic mass is 16.7. The first kappa shape index (κ1) is 22.6. The predicted octanol–water partition coefficient (Wildman–Crippen LogP) is 2.91. The maximum absolute atomic E-state index is 11.7. The maximum Gasteiger partial charge on any atom is 0.457 e. The molecule has 1 aliphatic heterocycles. The molecule has 1 N–H and O–H groups in total. The van der Waals surface area contributed by atoms with E-state index >= 15 is 0 Å². The van der Waals surface area contributed by atoms with Crippen molar-refractivity contribution in [2.75, 3.05) is 6.61 Å². The standard InChI is InChI=1S/C18H32BNO6/c1-6-7-12-24-15(23)20-18(13-21,14-22)10-8-9-11-19-25-16(2,3)17(4,5)26-19/h13-14H,6-12H2,1-5H3,(H,20,23). The third-order valence-electron chi connectivity index (χ3n) is 5.07. The van der Waals surface area contributed by atoms with E-state index in [1.807, 2.05) is 34.6 Å². The Morgan fingerprint density at radius 3 is 2.15 bits per heavy atom. The van der Waals surface area contributed by atoms with Crippen molar-refractivity contribution in [3.05, 3.63) is 0 Å². The highest BCUT2D eigenvalue weighted by molar-refractivity contribution is 6.45. The summed E-state index contributed by atoms with van der Waals surface area (Å²) in [4.78, 5) is 34.5. The molecule has 1 aliphatic rings. The monoisotopic (exact) mass is 369 g/mol. The Kier molecular flexibility index (Phi) is 8.28. The van der Waals surface area contributed by atoms with Gasteiger partial charge in [0.25, 0.3) is 0 Å². The molecule has 1 saturated heterocycles. The van der Waals surface area contributed by atoms with E-state index in [1.165, 1.54) is 0 Å². The van der Waals surface area contributed by atoms with Crippen LogP contribution in [-0.4, -0.2) is 49.1 Å². The Labute approximate surface area is 156 Å². The van der Waals surface area contributed by atoms with Crippen LogP contribution in [0.25, 0.3) is 0 Å². The summed E-state index contributed by atoms with van der Waals surface area (Å²) in [7, 11) is -0.311. The number of alkyl carbamates (subject to hydrolysis) is 1. The summed E-state index contributed by atoms with van der Waals surface area (Å²) in [6.45, 7) is 10.2.